The molecule has 7 heteroatoms. The summed E-state index contributed by atoms with van der Waals surface area (Å²) in [5.41, 5.74) is 1.73. The van der Waals surface area contributed by atoms with Crippen molar-refractivity contribution in [2.75, 3.05) is 26.3 Å². The highest BCUT2D eigenvalue weighted by molar-refractivity contribution is 7.80. The van der Waals surface area contributed by atoms with Crippen molar-refractivity contribution < 1.29 is 9.47 Å². The van der Waals surface area contributed by atoms with Gasteiger partial charge in [0, 0.05) is 18.1 Å². The standard InChI is InChI=1S/C18H16Cl3NO2S/c19-13-2-4-17(24-11-12-1-3-15(20)16(21)9-12)14(10-13)18(25)22-5-7-23-8-6-22/h1-4,9-10H,5-8,11H2. The van der Waals surface area contributed by atoms with Gasteiger partial charge in [0.25, 0.3) is 0 Å². The minimum Gasteiger partial charge on any atom is -0.488 e. The highest BCUT2D eigenvalue weighted by atomic mass is 35.5. The Morgan fingerprint density at radius 3 is 2.52 bits per heavy atom. The van der Waals surface area contributed by atoms with Crippen LogP contribution in [0.25, 0.3) is 0 Å². The van der Waals surface area contributed by atoms with Crippen LogP contribution in [0.5, 0.6) is 5.75 Å². The lowest BCUT2D eigenvalue weighted by Crippen LogP contribution is -2.40. The summed E-state index contributed by atoms with van der Waals surface area (Å²) in [7, 11) is 0. The molecule has 2 aromatic rings. The average Bonchev–Trinajstić information content (AvgIpc) is 2.63. The molecule has 0 spiro atoms. The van der Waals surface area contributed by atoms with E-state index in [0.717, 1.165) is 29.2 Å². The minimum atomic E-state index is 0.358. The SMILES string of the molecule is S=C(c1cc(Cl)ccc1OCc1ccc(Cl)c(Cl)c1)N1CCOCC1. The van der Waals surface area contributed by atoms with Gasteiger partial charge in [-0.1, -0.05) is 53.1 Å². The predicted molar refractivity (Wildman–Crippen MR) is 106 cm³/mol. The van der Waals surface area contributed by atoms with Crippen LogP contribution in [-0.2, 0) is 11.3 Å². The van der Waals surface area contributed by atoms with Gasteiger partial charge >= 0.3 is 0 Å². The largest absolute Gasteiger partial charge is 0.488 e. The van der Waals surface area contributed by atoms with Gasteiger partial charge in [0.1, 0.15) is 17.3 Å². The number of thiocarbonyl (C=S) groups is 1. The highest BCUT2D eigenvalue weighted by Gasteiger charge is 2.19. The molecule has 1 aliphatic rings. The van der Waals surface area contributed by atoms with Crippen LogP contribution in [0.3, 0.4) is 0 Å². The van der Waals surface area contributed by atoms with Gasteiger partial charge in [-0.05, 0) is 35.9 Å². The number of nitrogens with zero attached hydrogens (tertiary/aromatic N) is 1. The van der Waals surface area contributed by atoms with E-state index in [0.29, 0.717) is 40.6 Å². The van der Waals surface area contributed by atoms with Crippen LogP contribution >= 0.6 is 47.0 Å². The zero-order valence-corrected chi connectivity index (χ0v) is 16.4. The highest BCUT2D eigenvalue weighted by Crippen LogP contribution is 2.27. The van der Waals surface area contributed by atoms with Crippen molar-refractivity contribution in [2.45, 2.75) is 6.61 Å². The Bertz CT molecular complexity index is 779. The summed E-state index contributed by atoms with van der Waals surface area (Å²) < 4.78 is 11.4. The molecule has 1 saturated heterocycles. The van der Waals surface area contributed by atoms with Gasteiger partial charge in [-0.15, -0.1) is 0 Å². The number of ether oxygens (including phenoxy) is 2. The van der Waals surface area contributed by atoms with Crippen LogP contribution in [0.2, 0.25) is 15.1 Å². The lowest BCUT2D eigenvalue weighted by atomic mass is 10.1. The molecule has 132 valence electrons. The van der Waals surface area contributed by atoms with E-state index in [2.05, 4.69) is 4.90 Å². The Balaban J connectivity index is 1.78. The van der Waals surface area contributed by atoms with Gasteiger partial charge in [-0.3, -0.25) is 0 Å². The second kappa shape index (κ2) is 8.56. The molecule has 1 aliphatic heterocycles. The van der Waals surface area contributed by atoms with E-state index in [1.807, 2.05) is 18.2 Å². The topological polar surface area (TPSA) is 21.7 Å². The Hall–Kier alpha value is -1.04. The monoisotopic (exact) mass is 415 g/mol. The number of morpholine rings is 1. The molecular weight excluding hydrogens is 401 g/mol. The first-order valence-electron chi connectivity index (χ1n) is 7.78. The summed E-state index contributed by atoms with van der Waals surface area (Å²) in [5, 5.41) is 1.64. The number of hydrogen-bond donors (Lipinski definition) is 0. The maximum atomic E-state index is 6.16. The van der Waals surface area contributed by atoms with Crippen LogP contribution < -0.4 is 4.74 Å². The molecular formula is C18H16Cl3NO2S. The maximum Gasteiger partial charge on any atom is 0.130 e. The molecule has 0 N–H and O–H groups in total. The quantitative estimate of drug-likeness (QED) is 0.636. The van der Waals surface area contributed by atoms with Crippen molar-refractivity contribution in [1.82, 2.24) is 4.90 Å². The fourth-order valence-electron chi connectivity index (χ4n) is 2.52. The van der Waals surface area contributed by atoms with Crippen molar-refractivity contribution in [3.05, 3.63) is 62.6 Å². The minimum absolute atomic E-state index is 0.358. The van der Waals surface area contributed by atoms with E-state index >= 15 is 0 Å². The summed E-state index contributed by atoms with van der Waals surface area (Å²) >= 11 is 23.8. The molecule has 1 fully saturated rings. The third-order valence-corrected chi connectivity index (χ3v) is 5.30. The van der Waals surface area contributed by atoms with E-state index in [1.165, 1.54) is 0 Å². The van der Waals surface area contributed by atoms with Crippen molar-refractivity contribution in [3.63, 3.8) is 0 Å². The summed E-state index contributed by atoms with van der Waals surface area (Å²) in [6.45, 7) is 3.22. The van der Waals surface area contributed by atoms with Crippen molar-refractivity contribution >= 4 is 52.0 Å². The first-order valence-corrected chi connectivity index (χ1v) is 9.32. The van der Waals surface area contributed by atoms with Gasteiger partial charge in [-0.2, -0.15) is 0 Å². The second-order valence-corrected chi connectivity index (χ2v) is 7.22. The molecule has 3 nitrogen and oxygen atoms in total. The van der Waals surface area contributed by atoms with E-state index < -0.39 is 0 Å². The molecule has 0 atom stereocenters. The first-order chi connectivity index (χ1) is 12.0. The van der Waals surface area contributed by atoms with Gasteiger partial charge < -0.3 is 14.4 Å². The van der Waals surface area contributed by atoms with Gasteiger partial charge in [0.2, 0.25) is 0 Å². The van der Waals surface area contributed by atoms with Gasteiger partial charge in [0.05, 0.1) is 28.8 Å². The number of halogens is 3. The zero-order valence-electron chi connectivity index (χ0n) is 13.3. The molecule has 1 heterocycles. The third kappa shape index (κ3) is 4.78. The van der Waals surface area contributed by atoms with Gasteiger partial charge in [-0.25, -0.2) is 0 Å². The van der Waals surface area contributed by atoms with Crippen LogP contribution in [0.1, 0.15) is 11.1 Å². The Labute approximate surface area is 167 Å². The smallest absolute Gasteiger partial charge is 0.130 e. The van der Waals surface area contributed by atoms with E-state index in [1.54, 1.807) is 18.2 Å². The molecule has 3 rings (SSSR count). The Morgan fingerprint density at radius 1 is 1.04 bits per heavy atom. The Kier molecular flexibility index (Phi) is 6.42. The molecule has 25 heavy (non-hydrogen) atoms. The molecule has 2 aromatic carbocycles. The third-order valence-electron chi connectivity index (χ3n) is 3.85. The summed E-state index contributed by atoms with van der Waals surface area (Å²) in [5.74, 6) is 0.687. The summed E-state index contributed by atoms with van der Waals surface area (Å²) in [4.78, 5) is 2.83. The predicted octanol–water partition coefficient (Wildman–Crippen LogP) is 5.23. The maximum absolute atomic E-state index is 6.16. The van der Waals surface area contributed by atoms with Crippen molar-refractivity contribution in [2.24, 2.45) is 0 Å². The Morgan fingerprint density at radius 2 is 1.80 bits per heavy atom. The van der Waals surface area contributed by atoms with Crippen molar-refractivity contribution in [3.8, 4) is 5.75 Å². The lowest BCUT2D eigenvalue weighted by Gasteiger charge is -2.30. The number of hydrogen-bond acceptors (Lipinski definition) is 3. The molecule has 0 amide bonds. The zero-order chi connectivity index (χ0) is 17.8. The molecule has 0 aromatic heterocycles. The fraction of sp³-hybridized carbons (Fsp3) is 0.278. The van der Waals surface area contributed by atoms with Crippen LogP contribution in [-0.4, -0.2) is 36.2 Å². The first kappa shape index (κ1) is 18.7. The van der Waals surface area contributed by atoms with Crippen LogP contribution in [0, 0.1) is 0 Å². The lowest BCUT2D eigenvalue weighted by molar-refractivity contribution is 0.0692. The van der Waals surface area contributed by atoms with E-state index in [-0.39, 0.29) is 0 Å². The molecule has 0 unspecified atom stereocenters. The molecule has 0 bridgehead atoms. The average molecular weight is 417 g/mol. The number of benzene rings is 2. The van der Waals surface area contributed by atoms with Crippen LogP contribution in [0.4, 0.5) is 0 Å². The molecule has 0 saturated carbocycles. The number of rotatable bonds is 4. The molecule has 0 radical (unpaired) electrons. The van der Waals surface area contributed by atoms with Gasteiger partial charge in [0.15, 0.2) is 0 Å². The van der Waals surface area contributed by atoms with Crippen LogP contribution in [0.15, 0.2) is 36.4 Å². The summed E-state index contributed by atoms with van der Waals surface area (Å²) in [6, 6.07) is 10.9. The van der Waals surface area contributed by atoms with E-state index in [9.17, 15) is 0 Å². The summed E-state index contributed by atoms with van der Waals surface area (Å²) in [6.07, 6.45) is 0. The normalized spacial score (nSPS) is 14.4. The van der Waals surface area contributed by atoms with Crippen molar-refractivity contribution in [1.29, 1.82) is 0 Å². The van der Waals surface area contributed by atoms with E-state index in [4.69, 9.17) is 56.5 Å². The second-order valence-electron chi connectivity index (χ2n) is 5.58. The molecule has 0 aliphatic carbocycles. The fourth-order valence-corrected chi connectivity index (χ4v) is 3.36.